The summed E-state index contributed by atoms with van der Waals surface area (Å²) in [6.45, 7) is 0.782. The third-order valence-corrected chi connectivity index (χ3v) is 3.74. The van der Waals surface area contributed by atoms with E-state index in [2.05, 4.69) is 16.4 Å². The van der Waals surface area contributed by atoms with E-state index in [1.165, 1.54) is 43.4 Å². The van der Waals surface area contributed by atoms with Crippen LogP contribution >= 0.6 is 0 Å². The Morgan fingerprint density at radius 3 is 3.05 bits per heavy atom. The van der Waals surface area contributed by atoms with Crippen LogP contribution in [-0.2, 0) is 0 Å². The maximum absolute atomic E-state index is 10.9. The molecule has 1 aromatic heterocycles. The summed E-state index contributed by atoms with van der Waals surface area (Å²) in [7, 11) is 0. The van der Waals surface area contributed by atoms with Gasteiger partial charge in [-0.3, -0.25) is 0 Å². The van der Waals surface area contributed by atoms with Crippen molar-refractivity contribution in [3.8, 4) is 0 Å². The lowest BCUT2D eigenvalue weighted by atomic mass is 9.97. The first-order chi connectivity index (χ1) is 10.2. The summed E-state index contributed by atoms with van der Waals surface area (Å²) in [5, 5.41) is 12.1. The summed E-state index contributed by atoms with van der Waals surface area (Å²) >= 11 is 0. The number of anilines is 1. The summed E-state index contributed by atoms with van der Waals surface area (Å²) in [5.41, 5.74) is 2.87. The van der Waals surface area contributed by atoms with Gasteiger partial charge in [0.1, 0.15) is 5.52 Å². The number of hydrogen-bond donors (Lipinski definition) is 2. The van der Waals surface area contributed by atoms with E-state index in [1.54, 1.807) is 6.07 Å². The van der Waals surface area contributed by atoms with E-state index in [1.807, 2.05) is 0 Å². The van der Waals surface area contributed by atoms with E-state index >= 15 is 0 Å². The van der Waals surface area contributed by atoms with Crippen LogP contribution in [0.25, 0.3) is 11.1 Å². The predicted octanol–water partition coefficient (Wildman–Crippen LogP) is 3.83. The molecule has 1 aromatic carbocycles. The molecule has 110 valence electrons. The normalized spacial score (nSPS) is 15.0. The van der Waals surface area contributed by atoms with Gasteiger partial charge in [-0.25, -0.2) is 4.79 Å². The Kier molecular flexibility index (Phi) is 3.90. The molecule has 3 rings (SSSR count). The number of fused-ring (bicyclic) bond motifs is 1. The van der Waals surface area contributed by atoms with Crippen LogP contribution in [0.4, 0.5) is 6.01 Å². The van der Waals surface area contributed by atoms with Gasteiger partial charge >= 0.3 is 5.97 Å². The first-order valence-electron chi connectivity index (χ1n) is 7.28. The number of aromatic nitrogens is 1. The highest BCUT2D eigenvalue weighted by Crippen LogP contribution is 2.22. The van der Waals surface area contributed by atoms with E-state index in [4.69, 9.17) is 9.52 Å². The summed E-state index contributed by atoms with van der Waals surface area (Å²) in [5.74, 6) is -0.966. The minimum Gasteiger partial charge on any atom is -0.478 e. The Morgan fingerprint density at radius 2 is 2.29 bits per heavy atom. The second kappa shape index (κ2) is 5.99. The van der Waals surface area contributed by atoms with E-state index in [0.29, 0.717) is 17.1 Å². The Balaban J connectivity index is 1.64. The standard InChI is InChI=1S/C16H18N2O3/c19-15(20)12-6-7-13-14(10-12)21-16(18-13)17-9-8-11-4-2-1-3-5-11/h4,6-7,10H,1-3,5,8-9H2,(H,17,18)(H,19,20). The van der Waals surface area contributed by atoms with Gasteiger partial charge in [-0.1, -0.05) is 11.6 Å². The molecule has 0 fully saturated rings. The molecule has 1 aliphatic carbocycles. The monoisotopic (exact) mass is 286 g/mol. The smallest absolute Gasteiger partial charge is 0.335 e. The van der Waals surface area contributed by atoms with Crippen LogP contribution in [0.15, 0.2) is 34.3 Å². The molecule has 0 atom stereocenters. The number of rotatable bonds is 5. The van der Waals surface area contributed by atoms with Crippen molar-refractivity contribution in [1.29, 1.82) is 0 Å². The average molecular weight is 286 g/mol. The van der Waals surface area contributed by atoms with Crippen molar-refractivity contribution in [1.82, 2.24) is 4.98 Å². The number of nitrogens with zero attached hydrogens (tertiary/aromatic N) is 1. The first kappa shape index (κ1) is 13.7. The van der Waals surface area contributed by atoms with E-state index in [9.17, 15) is 4.79 Å². The number of carboxylic acid groups (broad SMARTS) is 1. The Morgan fingerprint density at radius 1 is 1.38 bits per heavy atom. The molecule has 1 heterocycles. The Bertz CT molecular complexity index is 688. The maximum atomic E-state index is 10.9. The highest BCUT2D eigenvalue weighted by Gasteiger charge is 2.10. The molecule has 0 aliphatic heterocycles. The van der Waals surface area contributed by atoms with Gasteiger partial charge in [-0.15, -0.1) is 0 Å². The summed E-state index contributed by atoms with van der Waals surface area (Å²) in [6.07, 6.45) is 8.30. The van der Waals surface area contributed by atoms with Crippen molar-refractivity contribution in [2.75, 3.05) is 11.9 Å². The molecule has 0 saturated carbocycles. The Labute approximate surface area is 122 Å². The van der Waals surface area contributed by atoms with Crippen LogP contribution in [0.5, 0.6) is 0 Å². The first-order valence-corrected chi connectivity index (χ1v) is 7.28. The fourth-order valence-electron chi connectivity index (χ4n) is 2.59. The number of carboxylic acids is 1. The number of carbonyl (C=O) groups is 1. The lowest BCUT2D eigenvalue weighted by molar-refractivity contribution is 0.0697. The van der Waals surface area contributed by atoms with E-state index < -0.39 is 5.97 Å². The van der Waals surface area contributed by atoms with Crippen LogP contribution in [0.3, 0.4) is 0 Å². The molecule has 2 N–H and O–H groups in total. The molecule has 0 bridgehead atoms. The summed E-state index contributed by atoms with van der Waals surface area (Å²) in [6, 6.07) is 5.14. The second-order valence-corrected chi connectivity index (χ2v) is 5.29. The van der Waals surface area contributed by atoms with Gasteiger partial charge in [-0.2, -0.15) is 4.98 Å². The Hall–Kier alpha value is -2.30. The van der Waals surface area contributed by atoms with Crippen LogP contribution in [0.2, 0.25) is 0 Å². The van der Waals surface area contributed by atoms with Crippen molar-refractivity contribution in [2.24, 2.45) is 0 Å². The number of nitrogens with one attached hydrogen (secondary N) is 1. The van der Waals surface area contributed by atoms with Crippen LogP contribution in [-0.4, -0.2) is 22.6 Å². The molecule has 5 nitrogen and oxygen atoms in total. The number of aromatic carboxylic acids is 1. The zero-order valence-electron chi connectivity index (χ0n) is 11.8. The highest BCUT2D eigenvalue weighted by molar-refractivity contribution is 5.92. The summed E-state index contributed by atoms with van der Waals surface area (Å²) < 4.78 is 5.54. The zero-order valence-corrected chi connectivity index (χ0v) is 11.8. The fraction of sp³-hybridized carbons (Fsp3) is 0.375. The van der Waals surface area contributed by atoms with Gasteiger partial charge in [0.15, 0.2) is 5.58 Å². The molecular formula is C16H18N2O3. The third kappa shape index (κ3) is 3.24. The van der Waals surface area contributed by atoms with Crippen molar-refractivity contribution in [3.63, 3.8) is 0 Å². The molecule has 0 amide bonds. The number of hydrogen-bond acceptors (Lipinski definition) is 4. The van der Waals surface area contributed by atoms with Crippen molar-refractivity contribution in [3.05, 3.63) is 35.4 Å². The van der Waals surface area contributed by atoms with Gasteiger partial charge in [-0.05, 0) is 50.3 Å². The third-order valence-electron chi connectivity index (χ3n) is 3.74. The summed E-state index contributed by atoms with van der Waals surface area (Å²) in [4.78, 5) is 15.2. The minimum atomic E-state index is -0.966. The van der Waals surface area contributed by atoms with Crippen LogP contribution in [0, 0.1) is 0 Å². The van der Waals surface area contributed by atoms with E-state index in [-0.39, 0.29) is 5.56 Å². The van der Waals surface area contributed by atoms with Gasteiger partial charge in [0.25, 0.3) is 6.01 Å². The van der Waals surface area contributed by atoms with Gasteiger partial charge in [0, 0.05) is 6.54 Å². The SMILES string of the molecule is O=C(O)c1ccc2nc(NCCC3=CCCCC3)oc2c1. The minimum absolute atomic E-state index is 0.206. The quantitative estimate of drug-likeness (QED) is 0.817. The van der Waals surface area contributed by atoms with Gasteiger partial charge in [0.05, 0.1) is 5.56 Å². The maximum Gasteiger partial charge on any atom is 0.335 e. The lowest BCUT2D eigenvalue weighted by Crippen LogP contribution is -2.04. The van der Waals surface area contributed by atoms with Crippen molar-refractivity contribution in [2.45, 2.75) is 32.1 Å². The predicted molar refractivity (Wildman–Crippen MR) is 80.6 cm³/mol. The van der Waals surface area contributed by atoms with Crippen LogP contribution in [0.1, 0.15) is 42.5 Å². The number of benzene rings is 1. The largest absolute Gasteiger partial charge is 0.478 e. The number of oxazole rings is 1. The van der Waals surface area contributed by atoms with E-state index in [0.717, 1.165) is 13.0 Å². The average Bonchev–Trinajstić information content (AvgIpc) is 2.90. The molecule has 0 radical (unpaired) electrons. The molecule has 0 spiro atoms. The molecule has 21 heavy (non-hydrogen) atoms. The zero-order chi connectivity index (χ0) is 14.7. The molecule has 2 aromatic rings. The highest BCUT2D eigenvalue weighted by atomic mass is 16.4. The second-order valence-electron chi connectivity index (χ2n) is 5.29. The van der Waals surface area contributed by atoms with Crippen molar-refractivity contribution >= 4 is 23.1 Å². The number of allylic oxidation sites excluding steroid dienone is 1. The molecule has 0 saturated heterocycles. The van der Waals surface area contributed by atoms with Gasteiger partial charge in [0.2, 0.25) is 0 Å². The molecule has 1 aliphatic rings. The van der Waals surface area contributed by atoms with Crippen LogP contribution < -0.4 is 5.32 Å². The van der Waals surface area contributed by atoms with Crippen molar-refractivity contribution < 1.29 is 14.3 Å². The molecule has 5 heteroatoms. The van der Waals surface area contributed by atoms with Gasteiger partial charge < -0.3 is 14.8 Å². The lowest BCUT2D eigenvalue weighted by Gasteiger charge is -2.12. The topological polar surface area (TPSA) is 75.4 Å². The fourth-order valence-corrected chi connectivity index (χ4v) is 2.59. The molecule has 0 unspecified atom stereocenters. The molecular weight excluding hydrogens is 268 g/mol.